The summed E-state index contributed by atoms with van der Waals surface area (Å²) in [5.74, 6) is -0.512. The molecule has 2 aromatic rings. The van der Waals surface area contributed by atoms with Crippen LogP contribution in [-0.2, 0) is 9.53 Å². The standard InChI is InChI=1S/C17H20FN3O2/c1-23-11-17(7-2-3-8-20-17)16(22)21-13-9-12-5-4-6-14(18)15(12)19-10-13/h4-6,9-10,20H,2-3,7-8,11H2,1H3,(H,21,22). The van der Waals surface area contributed by atoms with Gasteiger partial charge in [-0.25, -0.2) is 4.39 Å². The summed E-state index contributed by atoms with van der Waals surface area (Å²) in [4.78, 5) is 16.8. The van der Waals surface area contributed by atoms with Crippen LogP contribution in [0.15, 0.2) is 30.5 Å². The molecule has 0 saturated carbocycles. The first kappa shape index (κ1) is 15.8. The number of para-hydroxylation sites is 1. The van der Waals surface area contributed by atoms with Crippen molar-refractivity contribution in [2.45, 2.75) is 24.8 Å². The smallest absolute Gasteiger partial charge is 0.247 e. The number of piperidine rings is 1. The van der Waals surface area contributed by atoms with Crippen LogP contribution in [0.25, 0.3) is 10.9 Å². The van der Waals surface area contributed by atoms with Crippen LogP contribution in [0, 0.1) is 5.82 Å². The highest BCUT2D eigenvalue weighted by molar-refractivity contribution is 5.99. The second-order valence-electron chi connectivity index (χ2n) is 5.89. The molecule has 1 atom stereocenters. The molecule has 1 unspecified atom stereocenters. The van der Waals surface area contributed by atoms with Crippen molar-refractivity contribution in [2.24, 2.45) is 0 Å². The van der Waals surface area contributed by atoms with E-state index in [1.165, 1.54) is 12.3 Å². The second kappa shape index (κ2) is 6.60. The second-order valence-corrected chi connectivity index (χ2v) is 5.89. The van der Waals surface area contributed by atoms with Crippen LogP contribution in [0.5, 0.6) is 0 Å². The lowest BCUT2D eigenvalue weighted by atomic mass is 9.88. The number of ether oxygens (including phenoxy) is 1. The topological polar surface area (TPSA) is 63.2 Å². The molecule has 122 valence electrons. The predicted octanol–water partition coefficient (Wildman–Crippen LogP) is 2.47. The Bertz CT molecular complexity index is 709. The van der Waals surface area contributed by atoms with Gasteiger partial charge >= 0.3 is 0 Å². The molecule has 23 heavy (non-hydrogen) atoms. The zero-order valence-electron chi connectivity index (χ0n) is 13.1. The maximum Gasteiger partial charge on any atom is 0.247 e. The molecular weight excluding hydrogens is 297 g/mol. The minimum Gasteiger partial charge on any atom is -0.382 e. The third kappa shape index (κ3) is 3.18. The van der Waals surface area contributed by atoms with E-state index < -0.39 is 5.54 Å². The van der Waals surface area contributed by atoms with Crippen LogP contribution < -0.4 is 10.6 Å². The largest absolute Gasteiger partial charge is 0.382 e. The number of amides is 1. The van der Waals surface area contributed by atoms with Crippen LogP contribution in [0.1, 0.15) is 19.3 Å². The van der Waals surface area contributed by atoms with Gasteiger partial charge in [0.2, 0.25) is 5.91 Å². The van der Waals surface area contributed by atoms with E-state index in [9.17, 15) is 9.18 Å². The van der Waals surface area contributed by atoms with Gasteiger partial charge in [0.25, 0.3) is 0 Å². The number of rotatable bonds is 4. The van der Waals surface area contributed by atoms with E-state index in [1.807, 2.05) is 0 Å². The average molecular weight is 317 g/mol. The molecular formula is C17H20FN3O2. The molecule has 1 aliphatic rings. The van der Waals surface area contributed by atoms with E-state index >= 15 is 0 Å². The molecule has 6 heteroatoms. The van der Waals surface area contributed by atoms with Crippen LogP contribution in [0.2, 0.25) is 0 Å². The van der Waals surface area contributed by atoms with E-state index in [0.29, 0.717) is 23.2 Å². The summed E-state index contributed by atoms with van der Waals surface area (Å²) in [6.45, 7) is 1.10. The number of pyridine rings is 1. The van der Waals surface area contributed by atoms with Gasteiger partial charge in [-0.1, -0.05) is 12.1 Å². The molecule has 1 aromatic carbocycles. The van der Waals surface area contributed by atoms with Crippen molar-refractivity contribution < 1.29 is 13.9 Å². The molecule has 1 aliphatic heterocycles. The maximum absolute atomic E-state index is 13.7. The van der Waals surface area contributed by atoms with E-state index in [2.05, 4.69) is 15.6 Å². The Morgan fingerprint density at radius 2 is 2.35 bits per heavy atom. The Labute approximate surface area is 134 Å². The molecule has 1 aromatic heterocycles. The van der Waals surface area contributed by atoms with Gasteiger partial charge in [0.05, 0.1) is 18.5 Å². The third-order valence-corrected chi connectivity index (χ3v) is 4.24. The average Bonchev–Trinajstić information content (AvgIpc) is 2.56. The zero-order chi connectivity index (χ0) is 16.3. The van der Waals surface area contributed by atoms with Crippen LogP contribution in [0.4, 0.5) is 10.1 Å². The van der Waals surface area contributed by atoms with Gasteiger partial charge in [0, 0.05) is 12.5 Å². The van der Waals surface area contributed by atoms with Gasteiger partial charge in [-0.05, 0) is 37.9 Å². The van der Waals surface area contributed by atoms with Gasteiger partial charge in [0.15, 0.2) is 0 Å². The number of nitrogens with zero attached hydrogens (tertiary/aromatic N) is 1. The summed E-state index contributed by atoms with van der Waals surface area (Å²) >= 11 is 0. The molecule has 1 saturated heterocycles. The van der Waals surface area contributed by atoms with Crippen molar-refractivity contribution in [1.82, 2.24) is 10.3 Å². The quantitative estimate of drug-likeness (QED) is 0.909. The summed E-state index contributed by atoms with van der Waals surface area (Å²) in [5.41, 5.74) is 0.132. The number of nitrogens with one attached hydrogen (secondary N) is 2. The number of hydrogen-bond acceptors (Lipinski definition) is 4. The number of halogens is 1. The lowest BCUT2D eigenvalue weighted by Crippen LogP contribution is -2.59. The van der Waals surface area contributed by atoms with Gasteiger partial charge in [0.1, 0.15) is 16.9 Å². The summed E-state index contributed by atoms with van der Waals surface area (Å²) in [6, 6.07) is 6.49. The van der Waals surface area contributed by atoms with Gasteiger partial charge in [-0.3, -0.25) is 9.78 Å². The van der Waals surface area contributed by atoms with Gasteiger partial charge < -0.3 is 15.4 Å². The Morgan fingerprint density at radius 3 is 3.09 bits per heavy atom. The molecule has 2 heterocycles. The predicted molar refractivity (Wildman–Crippen MR) is 86.8 cm³/mol. The molecule has 2 N–H and O–H groups in total. The lowest BCUT2D eigenvalue weighted by Gasteiger charge is -2.36. The Morgan fingerprint density at radius 1 is 1.48 bits per heavy atom. The van der Waals surface area contributed by atoms with Crippen LogP contribution >= 0.6 is 0 Å². The fraction of sp³-hybridized carbons (Fsp3) is 0.412. The first-order valence-electron chi connectivity index (χ1n) is 7.74. The number of fused-ring (bicyclic) bond motifs is 1. The Hall–Kier alpha value is -2.05. The van der Waals surface area contributed by atoms with Crippen molar-refractivity contribution in [3.63, 3.8) is 0 Å². The van der Waals surface area contributed by atoms with Crippen molar-refractivity contribution in [3.8, 4) is 0 Å². The first-order chi connectivity index (χ1) is 11.1. The molecule has 0 radical (unpaired) electrons. The van der Waals surface area contributed by atoms with Gasteiger partial charge in [-0.15, -0.1) is 0 Å². The summed E-state index contributed by atoms with van der Waals surface area (Å²) < 4.78 is 18.9. The van der Waals surface area contributed by atoms with Crippen molar-refractivity contribution in [1.29, 1.82) is 0 Å². The molecule has 0 bridgehead atoms. The Kier molecular flexibility index (Phi) is 4.54. The van der Waals surface area contributed by atoms with Crippen LogP contribution in [-0.4, -0.2) is 36.7 Å². The Balaban J connectivity index is 1.83. The van der Waals surface area contributed by atoms with Crippen molar-refractivity contribution in [2.75, 3.05) is 25.6 Å². The number of aromatic nitrogens is 1. The van der Waals surface area contributed by atoms with E-state index in [4.69, 9.17) is 4.74 Å². The minimum atomic E-state index is -0.718. The minimum absolute atomic E-state index is 0.142. The van der Waals surface area contributed by atoms with E-state index in [-0.39, 0.29) is 11.7 Å². The normalized spacial score (nSPS) is 21.3. The molecule has 0 aliphatic carbocycles. The van der Waals surface area contributed by atoms with E-state index in [0.717, 1.165) is 25.8 Å². The summed E-state index contributed by atoms with van der Waals surface area (Å²) in [7, 11) is 1.59. The molecule has 1 amide bonds. The first-order valence-corrected chi connectivity index (χ1v) is 7.74. The fourth-order valence-corrected chi connectivity index (χ4v) is 3.04. The highest BCUT2D eigenvalue weighted by atomic mass is 19.1. The van der Waals surface area contributed by atoms with Crippen LogP contribution in [0.3, 0.4) is 0 Å². The van der Waals surface area contributed by atoms with E-state index in [1.54, 1.807) is 25.3 Å². The number of hydrogen-bond donors (Lipinski definition) is 2. The third-order valence-electron chi connectivity index (χ3n) is 4.24. The number of methoxy groups -OCH3 is 1. The SMILES string of the molecule is COCC1(C(=O)Nc2cnc3c(F)cccc3c2)CCCCN1. The number of carbonyl (C=O) groups is 1. The highest BCUT2D eigenvalue weighted by Gasteiger charge is 2.39. The number of carbonyl (C=O) groups excluding carboxylic acids is 1. The molecule has 5 nitrogen and oxygen atoms in total. The van der Waals surface area contributed by atoms with Gasteiger partial charge in [-0.2, -0.15) is 0 Å². The molecule has 1 fully saturated rings. The number of benzene rings is 1. The summed E-state index contributed by atoms with van der Waals surface area (Å²) in [5, 5.41) is 6.82. The molecule has 3 rings (SSSR count). The lowest BCUT2D eigenvalue weighted by molar-refractivity contribution is -0.125. The van der Waals surface area contributed by atoms with Crippen molar-refractivity contribution >= 4 is 22.5 Å². The summed E-state index contributed by atoms with van der Waals surface area (Å²) in [6.07, 6.45) is 4.23. The van der Waals surface area contributed by atoms with Crippen molar-refractivity contribution in [3.05, 3.63) is 36.3 Å². The highest BCUT2D eigenvalue weighted by Crippen LogP contribution is 2.24. The number of anilines is 1. The monoisotopic (exact) mass is 317 g/mol. The maximum atomic E-state index is 13.7. The molecule has 0 spiro atoms. The fourth-order valence-electron chi connectivity index (χ4n) is 3.04. The zero-order valence-corrected chi connectivity index (χ0v) is 13.1.